The lowest BCUT2D eigenvalue weighted by Crippen LogP contribution is -1.99. The molecule has 0 saturated carbocycles. The summed E-state index contributed by atoms with van der Waals surface area (Å²) in [6.07, 6.45) is 0. The first-order chi connectivity index (χ1) is 11.2. The first kappa shape index (κ1) is 14.3. The third-order valence-corrected chi connectivity index (χ3v) is 5.14. The Labute approximate surface area is 148 Å². The van der Waals surface area contributed by atoms with Crippen molar-refractivity contribution in [2.45, 2.75) is 0 Å². The van der Waals surface area contributed by atoms with Gasteiger partial charge in [0.05, 0.1) is 5.69 Å². The van der Waals surface area contributed by atoms with Gasteiger partial charge in [0.25, 0.3) is 0 Å². The number of halogens is 1. The van der Waals surface area contributed by atoms with Gasteiger partial charge in [0, 0.05) is 20.4 Å². The summed E-state index contributed by atoms with van der Waals surface area (Å²) in [5, 5.41) is 4.60. The summed E-state index contributed by atoms with van der Waals surface area (Å²) in [4.78, 5) is 0. The van der Waals surface area contributed by atoms with Crippen molar-refractivity contribution in [3.63, 3.8) is 0 Å². The van der Waals surface area contributed by atoms with Crippen LogP contribution in [-0.4, -0.2) is 0 Å². The van der Waals surface area contributed by atoms with Crippen LogP contribution in [0.5, 0.6) is 0 Å². The Hall–Kier alpha value is -2.27. The second-order valence-corrected chi connectivity index (χ2v) is 6.78. The summed E-state index contributed by atoms with van der Waals surface area (Å²) < 4.78 is 1.05. The zero-order chi connectivity index (χ0) is 16.0. The van der Waals surface area contributed by atoms with Gasteiger partial charge in [-0.15, -0.1) is 0 Å². The van der Waals surface area contributed by atoms with E-state index in [1.165, 1.54) is 10.8 Å². The predicted molar refractivity (Wildman–Crippen MR) is 108 cm³/mol. The molecule has 4 aromatic carbocycles. The van der Waals surface area contributed by atoms with E-state index in [9.17, 15) is 0 Å². The Morgan fingerprint density at radius 1 is 0.652 bits per heavy atom. The van der Waals surface area contributed by atoms with Gasteiger partial charge in [-0.25, -0.2) is 0 Å². The molecule has 4 N–H and O–H groups in total. The molecule has 3 heteroatoms. The maximum Gasteiger partial charge on any atom is 0.0536 e. The zero-order valence-electron chi connectivity index (χ0n) is 12.4. The number of anilines is 2. The molecular formula is C20H15IN2. The van der Waals surface area contributed by atoms with Gasteiger partial charge >= 0.3 is 0 Å². The third kappa shape index (κ3) is 2.23. The Kier molecular flexibility index (Phi) is 3.38. The fraction of sp³-hybridized carbons (Fsp3) is 0. The lowest BCUT2D eigenvalue weighted by atomic mass is 9.91. The Bertz CT molecular complexity index is 1050. The molecule has 0 aliphatic heterocycles. The smallest absolute Gasteiger partial charge is 0.0536 e. The molecule has 4 aromatic rings. The minimum absolute atomic E-state index is 0.752. The number of nitrogen functional groups attached to an aromatic ring is 2. The molecule has 0 atom stereocenters. The first-order valence-corrected chi connectivity index (χ1v) is 8.49. The van der Waals surface area contributed by atoms with Crippen LogP contribution in [0.4, 0.5) is 11.4 Å². The van der Waals surface area contributed by atoms with Crippen molar-refractivity contribution in [3.8, 4) is 11.1 Å². The maximum atomic E-state index is 6.48. The lowest BCUT2D eigenvalue weighted by molar-refractivity contribution is 1.63. The molecule has 112 valence electrons. The van der Waals surface area contributed by atoms with Crippen LogP contribution in [0.1, 0.15) is 0 Å². The van der Waals surface area contributed by atoms with Crippen LogP contribution in [0.25, 0.3) is 32.7 Å². The average molecular weight is 410 g/mol. The van der Waals surface area contributed by atoms with E-state index in [4.69, 9.17) is 11.5 Å². The molecule has 0 saturated heterocycles. The van der Waals surface area contributed by atoms with Crippen molar-refractivity contribution in [2.24, 2.45) is 0 Å². The molecule has 2 nitrogen and oxygen atoms in total. The molecular weight excluding hydrogens is 395 g/mol. The van der Waals surface area contributed by atoms with Crippen molar-refractivity contribution < 1.29 is 0 Å². The number of hydrogen-bond acceptors (Lipinski definition) is 2. The van der Waals surface area contributed by atoms with Crippen molar-refractivity contribution in [1.82, 2.24) is 0 Å². The van der Waals surface area contributed by atoms with Gasteiger partial charge in [-0.3, -0.25) is 0 Å². The first-order valence-electron chi connectivity index (χ1n) is 7.41. The number of nitrogens with two attached hydrogens (primary N) is 2. The van der Waals surface area contributed by atoms with Gasteiger partial charge in [-0.05, 0) is 56.3 Å². The van der Waals surface area contributed by atoms with Crippen molar-refractivity contribution in [1.29, 1.82) is 0 Å². The van der Waals surface area contributed by atoms with Crippen LogP contribution in [-0.2, 0) is 0 Å². The van der Waals surface area contributed by atoms with E-state index in [-0.39, 0.29) is 0 Å². The Morgan fingerprint density at radius 2 is 1.26 bits per heavy atom. The minimum atomic E-state index is 0.752. The van der Waals surface area contributed by atoms with Crippen LogP contribution >= 0.6 is 22.6 Å². The molecule has 0 aromatic heterocycles. The SMILES string of the molecule is Nc1ccc2ccccc2c1-c1c(N)c(I)cc2ccccc12. The molecule has 0 amide bonds. The van der Waals surface area contributed by atoms with Gasteiger partial charge in [0.1, 0.15) is 0 Å². The van der Waals surface area contributed by atoms with Crippen LogP contribution in [0.15, 0.2) is 66.7 Å². The summed E-state index contributed by atoms with van der Waals surface area (Å²) in [5.74, 6) is 0. The van der Waals surface area contributed by atoms with Crippen molar-refractivity contribution in [2.75, 3.05) is 11.5 Å². The highest BCUT2D eigenvalue weighted by Crippen LogP contribution is 2.43. The van der Waals surface area contributed by atoms with Gasteiger partial charge in [-0.2, -0.15) is 0 Å². The summed E-state index contributed by atoms with van der Waals surface area (Å²) in [6, 6.07) is 22.7. The molecule has 0 radical (unpaired) electrons. The normalized spacial score (nSPS) is 11.2. The third-order valence-electron chi connectivity index (χ3n) is 4.25. The molecule has 0 aliphatic carbocycles. The van der Waals surface area contributed by atoms with E-state index >= 15 is 0 Å². The number of rotatable bonds is 1. The van der Waals surface area contributed by atoms with Gasteiger partial charge in [0.15, 0.2) is 0 Å². The average Bonchev–Trinajstić information content (AvgIpc) is 2.57. The van der Waals surface area contributed by atoms with Gasteiger partial charge < -0.3 is 11.5 Å². The maximum absolute atomic E-state index is 6.48. The second-order valence-electron chi connectivity index (χ2n) is 5.62. The minimum Gasteiger partial charge on any atom is -0.398 e. The Balaban J connectivity index is 2.24. The summed E-state index contributed by atoms with van der Waals surface area (Å²) in [5.41, 5.74) is 16.4. The van der Waals surface area contributed by atoms with E-state index in [1.54, 1.807) is 0 Å². The predicted octanol–water partition coefficient (Wildman–Crippen LogP) is 5.43. The highest BCUT2D eigenvalue weighted by atomic mass is 127. The van der Waals surface area contributed by atoms with E-state index < -0.39 is 0 Å². The summed E-state index contributed by atoms with van der Waals surface area (Å²) in [7, 11) is 0. The number of benzene rings is 4. The van der Waals surface area contributed by atoms with Gasteiger partial charge in [-0.1, -0.05) is 54.6 Å². The molecule has 0 unspecified atom stereocenters. The molecule has 4 rings (SSSR count). The lowest BCUT2D eigenvalue weighted by Gasteiger charge is -2.16. The van der Waals surface area contributed by atoms with E-state index in [0.717, 1.165) is 36.8 Å². The largest absolute Gasteiger partial charge is 0.398 e. The second kappa shape index (κ2) is 5.42. The van der Waals surface area contributed by atoms with E-state index in [2.05, 4.69) is 59.0 Å². The summed E-state index contributed by atoms with van der Waals surface area (Å²) >= 11 is 2.29. The topological polar surface area (TPSA) is 52.0 Å². The fourth-order valence-corrected chi connectivity index (χ4v) is 3.77. The number of hydrogen-bond donors (Lipinski definition) is 2. The van der Waals surface area contributed by atoms with Crippen molar-refractivity contribution in [3.05, 3.63) is 70.3 Å². The highest BCUT2D eigenvalue weighted by Gasteiger charge is 2.16. The monoisotopic (exact) mass is 410 g/mol. The highest BCUT2D eigenvalue weighted by molar-refractivity contribution is 14.1. The molecule has 0 aliphatic rings. The van der Waals surface area contributed by atoms with Crippen LogP contribution in [0.3, 0.4) is 0 Å². The van der Waals surface area contributed by atoms with E-state index in [1.807, 2.05) is 30.3 Å². The quantitative estimate of drug-likeness (QED) is 0.325. The van der Waals surface area contributed by atoms with Gasteiger partial charge in [0.2, 0.25) is 0 Å². The van der Waals surface area contributed by atoms with Crippen LogP contribution in [0.2, 0.25) is 0 Å². The fourth-order valence-electron chi connectivity index (χ4n) is 3.17. The molecule has 0 spiro atoms. The van der Waals surface area contributed by atoms with Crippen LogP contribution < -0.4 is 11.5 Å². The van der Waals surface area contributed by atoms with Crippen LogP contribution in [0, 0.1) is 3.57 Å². The number of fused-ring (bicyclic) bond motifs is 2. The molecule has 0 bridgehead atoms. The molecule has 0 heterocycles. The van der Waals surface area contributed by atoms with Crippen molar-refractivity contribution >= 4 is 55.5 Å². The van der Waals surface area contributed by atoms with E-state index in [0.29, 0.717) is 0 Å². The molecule has 23 heavy (non-hydrogen) atoms. The molecule has 0 fully saturated rings. The summed E-state index contributed by atoms with van der Waals surface area (Å²) in [6.45, 7) is 0. The zero-order valence-corrected chi connectivity index (χ0v) is 14.5. The standard InChI is InChI=1S/C20H15IN2/c21-16-11-13-6-2-4-8-15(13)19(20(16)23)18-14-7-3-1-5-12(14)9-10-17(18)22/h1-11H,22-23H2. The Morgan fingerprint density at radius 3 is 2.00 bits per heavy atom.